The lowest BCUT2D eigenvalue weighted by molar-refractivity contribution is -0.150. The lowest BCUT2D eigenvalue weighted by atomic mass is 9.97. The Labute approximate surface area is 152 Å². The van der Waals surface area contributed by atoms with Gasteiger partial charge < -0.3 is 10.1 Å². The Morgan fingerprint density at radius 3 is 2.83 bits per heavy atom. The van der Waals surface area contributed by atoms with Crippen molar-refractivity contribution in [3.63, 3.8) is 0 Å². The van der Waals surface area contributed by atoms with Crippen LogP contribution in [-0.2, 0) is 14.3 Å². The summed E-state index contributed by atoms with van der Waals surface area (Å²) >= 11 is 11.9. The third kappa shape index (κ3) is 4.85. The molecule has 1 aromatic rings. The summed E-state index contributed by atoms with van der Waals surface area (Å²) in [4.78, 5) is 26.4. The fourth-order valence-electron chi connectivity index (χ4n) is 2.80. The minimum absolute atomic E-state index is 0.163. The second kappa shape index (κ2) is 8.70. The van der Waals surface area contributed by atoms with Crippen LogP contribution in [0.2, 0.25) is 10.0 Å². The number of esters is 1. The molecule has 1 heterocycles. The monoisotopic (exact) mass is 372 g/mol. The molecule has 1 fully saturated rings. The van der Waals surface area contributed by atoms with Crippen molar-refractivity contribution in [1.29, 1.82) is 0 Å². The molecule has 1 aromatic carbocycles. The van der Waals surface area contributed by atoms with Gasteiger partial charge in [-0.1, -0.05) is 23.2 Å². The predicted octanol–water partition coefficient (Wildman–Crippen LogP) is 3.60. The van der Waals surface area contributed by atoms with Crippen LogP contribution in [-0.4, -0.2) is 42.5 Å². The van der Waals surface area contributed by atoms with Crippen LogP contribution in [0.4, 0.5) is 5.69 Å². The number of amides is 1. The second-order valence-electron chi connectivity index (χ2n) is 5.88. The number of nitrogens with zero attached hydrogens (tertiary/aromatic N) is 1. The molecule has 1 amide bonds. The molecule has 2 atom stereocenters. The fraction of sp³-hybridized carbons (Fsp3) is 0.529. The maximum Gasteiger partial charge on any atom is 0.310 e. The second-order valence-corrected chi connectivity index (χ2v) is 6.72. The number of halogens is 2. The Kier molecular flexibility index (Phi) is 6.90. The summed E-state index contributed by atoms with van der Waals surface area (Å²) in [5.41, 5.74) is 0.525. The van der Waals surface area contributed by atoms with Crippen LogP contribution in [0.3, 0.4) is 0 Å². The van der Waals surface area contributed by atoms with Crippen molar-refractivity contribution in [2.75, 3.05) is 25.0 Å². The van der Waals surface area contributed by atoms with Gasteiger partial charge in [0.2, 0.25) is 5.91 Å². The topological polar surface area (TPSA) is 58.6 Å². The maximum absolute atomic E-state index is 12.5. The van der Waals surface area contributed by atoms with E-state index in [4.69, 9.17) is 27.9 Å². The molecule has 1 saturated heterocycles. The lowest BCUT2D eigenvalue weighted by Gasteiger charge is -2.35. The van der Waals surface area contributed by atoms with Crippen molar-refractivity contribution >= 4 is 40.8 Å². The van der Waals surface area contributed by atoms with Gasteiger partial charge in [0.15, 0.2) is 0 Å². The molecule has 7 heteroatoms. The van der Waals surface area contributed by atoms with Gasteiger partial charge >= 0.3 is 5.97 Å². The number of carbonyl (C=O) groups is 2. The van der Waals surface area contributed by atoms with Crippen LogP contribution in [0.25, 0.3) is 0 Å². The number of ether oxygens (including phenoxy) is 1. The van der Waals surface area contributed by atoms with Gasteiger partial charge in [0.05, 0.1) is 29.3 Å². The van der Waals surface area contributed by atoms with Crippen LogP contribution >= 0.6 is 23.2 Å². The molecule has 0 bridgehead atoms. The molecule has 1 aliphatic heterocycles. The van der Waals surface area contributed by atoms with E-state index in [2.05, 4.69) is 5.32 Å². The maximum atomic E-state index is 12.5. The normalized spacial score (nSPS) is 19.6. The third-order valence-electron chi connectivity index (χ3n) is 4.19. The Balaban J connectivity index is 1.98. The number of anilines is 1. The molecular formula is C17H22Cl2N2O3. The first-order valence-corrected chi connectivity index (χ1v) is 8.84. The van der Waals surface area contributed by atoms with Crippen LogP contribution in [0.1, 0.15) is 26.7 Å². The van der Waals surface area contributed by atoms with E-state index in [1.807, 2.05) is 11.8 Å². The number of benzene rings is 1. The molecule has 132 valence electrons. The van der Waals surface area contributed by atoms with E-state index in [0.717, 1.165) is 19.4 Å². The molecule has 1 N–H and O–H groups in total. The van der Waals surface area contributed by atoms with Crippen LogP contribution in [0.15, 0.2) is 18.2 Å². The molecule has 0 aliphatic carbocycles. The Morgan fingerprint density at radius 2 is 2.17 bits per heavy atom. The molecule has 24 heavy (non-hydrogen) atoms. The van der Waals surface area contributed by atoms with E-state index < -0.39 is 0 Å². The lowest BCUT2D eigenvalue weighted by Crippen LogP contribution is -2.48. The zero-order chi connectivity index (χ0) is 17.7. The molecule has 1 aliphatic rings. The number of nitrogens with one attached hydrogen (secondary N) is 1. The van der Waals surface area contributed by atoms with Crippen molar-refractivity contribution in [3.8, 4) is 0 Å². The molecule has 0 radical (unpaired) electrons. The number of piperidine rings is 1. The summed E-state index contributed by atoms with van der Waals surface area (Å²) in [5, 5.41) is 3.72. The van der Waals surface area contributed by atoms with Crippen molar-refractivity contribution in [2.45, 2.75) is 32.7 Å². The smallest absolute Gasteiger partial charge is 0.310 e. The van der Waals surface area contributed by atoms with E-state index in [1.54, 1.807) is 25.1 Å². The Bertz CT molecular complexity index is 609. The summed E-state index contributed by atoms with van der Waals surface area (Å²) in [6.45, 7) is 5.30. The first kappa shape index (κ1) is 19.0. The third-order valence-corrected chi connectivity index (χ3v) is 4.74. The summed E-state index contributed by atoms with van der Waals surface area (Å²) in [7, 11) is 0. The summed E-state index contributed by atoms with van der Waals surface area (Å²) < 4.78 is 5.10. The molecule has 2 rings (SSSR count). The van der Waals surface area contributed by atoms with E-state index >= 15 is 0 Å². The number of likely N-dealkylation sites (tertiary alicyclic amines) is 1. The fourth-order valence-corrected chi connectivity index (χ4v) is 3.26. The van der Waals surface area contributed by atoms with Gasteiger partial charge in [0, 0.05) is 11.6 Å². The molecular weight excluding hydrogens is 351 g/mol. The average molecular weight is 373 g/mol. The molecule has 0 unspecified atom stereocenters. The zero-order valence-electron chi connectivity index (χ0n) is 13.9. The number of hydrogen-bond acceptors (Lipinski definition) is 4. The Hall–Kier alpha value is -1.30. The van der Waals surface area contributed by atoms with Gasteiger partial charge in [-0.25, -0.2) is 0 Å². The van der Waals surface area contributed by atoms with Crippen LogP contribution in [0.5, 0.6) is 0 Å². The van der Waals surface area contributed by atoms with Gasteiger partial charge in [0.1, 0.15) is 0 Å². The van der Waals surface area contributed by atoms with Crippen molar-refractivity contribution in [3.05, 3.63) is 28.2 Å². The molecule has 0 spiro atoms. The van der Waals surface area contributed by atoms with E-state index in [0.29, 0.717) is 28.9 Å². The van der Waals surface area contributed by atoms with Crippen LogP contribution < -0.4 is 5.32 Å². The highest BCUT2D eigenvalue weighted by Gasteiger charge is 2.31. The van der Waals surface area contributed by atoms with Crippen LogP contribution in [0, 0.1) is 5.92 Å². The van der Waals surface area contributed by atoms with E-state index in [-0.39, 0.29) is 23.8 Å². The summed E-state index contributed by atoms with van der Waals surface area (Å²) in [6, 6.07) is 4.56. The average Bonchev–Trinajstić information content (AvgIpc) is 2.57. The molecule has 5 nitrogen and oxygen atoms in total. The highest BCUT2D eigenvalue weighted by Crippen LogP contribution is 2.26. The van der Waals surface area contributed by atoms with Gasteiger partial charge in [-0.05, 0) is 51.4 Å². The van der Waals surface area contributed by atoms with Gasteiger partial charge in [-0.3, -0.25) is 14.5 Å². The number of hydrogen-bond donors (Lipinski definition) is 1. The molecule has 0 saturated carbocycles. The van der Waals surface area contributed by atoms with Gasteiger partial charge in [-0.2, -0.15) is 0 Å². The first-order valence-electron chi connectivity index (χ1n) is 8.09. The molecule has 0 aromatic heterocycles. The summed E-state index contributed by atoms with van der Waals surface area (Å²) in [5.74, 6) is -0.521. The standard InChI is InChI=1S/C17H22Cl2N2O3/c1-3-24-17(23)12-5-4-8-21(10-12)11(2)16(22)20-15-7-6-13(18)9-14(15)19/h6-7,9,11-12H,3-5,8,10H2,1-2H3,(H,20,22)/t11-,12+/m0/s1. The van der Waals surface area contributed by atoms with Crippen molar-refractivity contribution < 1.29 is 14.3 Å². The first-order chi connectivity index (χ1) is 11.4. The minimum Gasteiger partial charge on any atom is -0.466 e. The van der Waals surface area contributed by atoms with Gasteiger partial charge in [-0.15, -0.1) is 0 Å². The van der Waals surface area contributed by atoms with E-state index in [9.17, 15) is 9.59 Å². The highest BCUT2D eigenvalue weighted by molar-refractivity contribution is 6.36. The van der Waals surface area contributed by atoms with Gasteiger partial charge in [0.25, 0.3) is 0 Å². The largest absolute Gasteiger partial charge is 0.466 e. The zero-order valence-corrected chi connectivity index (χ0v) is 15.4. The number of rotatable bonds is 5. The highest BCUT2D eigenvalue weighted by atomic mass is 35.5. The van der Waals surface area contributed by atoms with Crippen molar-refractivity contribution in [1.82, 2.24) is 4.90 Å². The Morgan fingerprint density at radius 1 is 1.42 bits per heavy atom. The SMILES string of the molecule is CCOC(=O)[C@@H]1CCCN([C@@H](C)C(=O)Nc2ccc(Cl)cc2Cl)C1. The summed E-state index contributed by atoms with van der Waals surface area (Å²) in [6.07, 6.45) is 1.66. The minimum atomic E-state index is -0.367. The number of carbonyl (C=O) groups excluding carboxylic acids is 2. The van der Waals surface area contributed by atoms with Crippen molar-refractivity contribution in [2.24, 2.45) is 5.92 Å². The predicted molar refractivity (Wildman–Crippen MR) is 95.5 cm³/mol. The quantitative estimate of drug-likeness (QED) is 0.802. The van der Waals surface area contributed by atoms with E-state index in [1.165, 1.54) is 0 Å².